The topological polar surface area (TPSA) is 84.9 Å². The molecule has 1 amide bonds. The lowest BCUT2D eigenvalue weighted by Crippen LogP contribution is -2.33. The molecule has 0 heterocycles. The quantitative estimate of drug-likeness (QED) is 0.786. The number of methoxy groups -OCH3 is 1. The summed E-state index contributed by atoms with van der Waals surface area (Å²) in [4.78, 5) is 23.4. The third-order valence-corrected chi connectivity index (χ3v) is 4.49. The number of halogens is 1. The predicted octanol–water partition coefficient (Wildman–Crippen LogP) is 2.84. The Morgan fingerprint density at radius 3 is 2.70 bits per heavy atom. The Morgan fingerprint density at radius 1 is 1.39 bits per heavy atom. The number of hydrogen-bond acceptors (Lipinski definition) is 4. The number of rotatable bonds is 6. The molecule has 1 aliphatic rings. The Morgan fingerprint density at radius 2 is 2.13 bits per heavy atom. The van der Waals surface area contributed by atoms with Gasteiger partial charge in [0.1, 0.15) is 0 Å². The monoisotopic (exact) mass is 385 g/mol. The number of ether oxygens (including phenoxy) is 2. The standard InChI is InChI=1S/C16H20BrNO5/c1-3-23-14-12(17)7-10(8-13(14)22-2)15(19)18-11-5-4-9(6-11)16(20)21/h7-9,11H,3-6H2,1-2H3,(H,18,19)(H,20,21)/t9-,11+/m1/s1. The average Bonchev–Trinajstić information content (AvgIpc) is 2.97. The number of carboxylic acid groups (broad SMARTS) is 1. The summed E-state index contributed by atoms with van der Waals surface area (Å²) in [6, 6.07) is 3.18. The molecule has 0 bridgehead atoms. The van der Waals surface area contributed by atoms with Gasteiger partial charge in [-0.05, 0) is 54.2 Å². The molecule has 0 radical (unpaired) electrons. The lowest BCUT2D eigenvalue weighted by atomic mass is 10.1. The van der Waals surface area contributed by atoms with Gasteiger partial charge in [-0.2, -0.15) is 0 Å². The van der Waals surface area contributed by atoms with E-state index in [4.69, 9.17) is 14.6 Å². The number of carbonyl (C=O) groups excluding carboxylic acids is 1. The van der Waals surface area contributed by atoms with Gasteiger partial charge in [-0.3, -0.25) is 9.59 Å². The van der Waals surface area contributed by atoms with Crippen molar-refractivity contribution >= 4 is 27.8 Å². The van der Waals surface area contributed by atoms with Crippen molar-refractivity contribution in [3.63, 3.8) is 0 Å². The first-order valence-electron chi connectivity index (χ1n) is 7.50. The highest BCUT2D eigenvalue weighted by Gasteiger charge is 2.30. The molecule has 6 nitrogen and oxygen atoms in total. The van der Waals surface area contributed by atoms with E-state index in [1.807, 2.05) is 6.92 Å². The van der Waals surface area contributed by atoms with Gasteiger partial charge in [0.2, 0.25) is 0 Å². The van der Waals surface area contributed by atoms with Crippen LogP contribution in [0.1, 0.15) is 36.5 Å². The Kier molecular flexibility index (Phi) is 5.87. The van der Waals surface area contributed by atoms with Crippen molar-refractivity contribution in [2.75, 3.05) is 13.7 Å². The van der Waals surface area contributed by atoms with E-state index in [2.05, 4.69) is 21.2 Å². The maximum atomic E-state index is 12.4. The summed E-state index contributed by atoms with van der Waals surface area (Å²) in [5, 5.41) is 11.9. The number of aliphatic carboxylic acids is 1. The summed E-state index contributed by atoms with van der Waals surface area (Å²) in [5.74, 6) is -0.392. The van der Waals surface area contributed by atoms with Crippen LogP contribution >= 0.6 is 15.9 Å². The zero-order valence-corrected chi connectivity index (χ0v) is 14.7. The lowest BCUT2D eigenvalue weighted by molar-refractivity contribution is -0.141. The minimum absolute atomic E-state index is 0.111. The summed E-state index contributed by atoms with van der Waals surface area (Å²) in [5.41, 5.74) is 0.441. The summed E-state index contributed by atoms with van der Waals surface area (Å²) < 4.78 is 11.4. The first-order chi connectivity index (χ1) is 11.0. The van der Waals surface area contributed by atoms with Crippen molar-refractivity contribution in [2.45, 2.75) is 32.2 Å². The zero-order chi connectivity index (χ0) is 17.0. The van der Waals surface area contributed by atoms with Crippen LogP contribution in [0.15, 0.2) is 16.6 Å². The van der Waals surface area contributed by atoms with Crippen LogP contribution in [-0.2, 0) is 4.79 Å². The third-order valence-electron chi connectivity index (χ3n) is 3.90. The fraction of sp³-hybridized carbons (Fsp3) is 0.500. The molecular weight excluding hydrogens is 366 g/mol. The molecule has 0 aromatic heterocycles. The molecule has 2 rings (SSSR count). The molecule has 2 atom stereocenters. The lowest BCUT2D eigenvalue weighted by Gasteiger charge is -2.15. The minimum Gasteiger partial charge on any atom is -0.493 e. The minimum atomic E-state index is -0.799. The molecule has 126 valence electrons. The van der Waals surface area contributed by atoms with Crippen LogP contribution in [0.4, 0.5) is 0 Å². The Bertz CT molecular complexity index is 604. The average molecular weight is 386 g/mol. The van der Waals surface area contributed by atoms with Crippen molar-refractivity contribution < 1.29 is 24.2 Å². The fourth-order valence-electron chi connectivity index (χ4n) is 2.74. The molecule has 1 saturated carbocycles. The van der Waals surface area contributed by atoms with Crippen molar-refractivity contribution in [1.82, 2.24) is 5.32 Å². The summed E-state index contributed by atoms with van der Waals surface area (Å²) >= 11 is 3.39. The van der Waals surface area contributed by atoms with E-state index in [9.17, 15) is 9.59 Å². The number of nitrogens with one attached hydrogen (secondary N) is 1. The predicted molar refractivity (Wildman–Crippen MR) is 88.1 cm³/mol. The Labute approximate surface area is 143 Å². The molecule has 7 heteroatoms. The number of amides is 1. The second-order valence-electron chi connectivity index (χ2n) is 5.44. The van der Waals surface area contributed by atoms with E-state index >= 15 is 0 Å². The highest BCUT2D eigenvalue weighted by molar-refractivity contribution is 9.10. The van der Waals surface area contributed by atoms with E-state index in [1.165, 1.54) is 7.11 Å². The number of carbonyl (C=O) groups is 2. The molecule has 1 aromatic carbocycles. The molecule has 0 saturated heterocycles. The highest BCUT2D eigenvalue weighted by atomic mass is 79.9. The van der Waals surface area contributed by atoms with Crippen LogP contribution in [0.5, 0.6) is 11.5 Å². The summed E-state index contributed by atoms with van der Waals surface area (Å²) in [6.45, 7) is 2.35. The largest absolute Gasteiger partial charge is 0.493 e. The van der Waals surface area contributed by atoms with Gasteiger partial charge >= 0.3 is 5.97 Å². The van der Waals surface area contributed by atoms with E-state index in [-0.39, 0.29) is 17.9 Å². The van der Waals surface area contributed by atoms with Crippen LogP contribution in [0.3, 0.4) is 0 Å². The van der Waals surface area contributed by atoms with Crippen LogP contribution in [0.2, 0.25) is 0 Å². The highest BCUT2D eigenvalue weighted by Crippen LogP contribution is 2.36. The molecule has 1 aliphatic carbocycles. The van der Waals surface area contributed by atoms with Gasteiger partial charge in [0.05, 0.1) is 24.1 Å². The van der Waals surface area contributed by atoms with Gasteiger partial charge in [0.15, 0.2) is 11.5 Å². The molecule has 23 heavy (non-hydrogen) atoms. The van der Waals surface area contributed by atoms with Crippen LogP contribution < -0.4 is 14.8 Å². The van der Waals surface area contributed by atoms with E-state index in [0.29, 0.717) is 47.4 Å². The number of benzene rings is 1. The number of carboxylic acids is 1. The second kappa shape index (κ2) is 7.68. The van der Waals surface area contributed by atoms with Gasteiger partial charge in [-0.25, -0.2) is 0 Å². The Balaban J connectivity index is 2.11. The molecular formula is C16H20BrNO5. The molecule has 0 spiro atoms. The van der Waals surface area contributed by atoms with E-state index in [1.54, 1.807) is 12.1 Å². The maximum Gasteiger partial charge on any atom is 0.306 e. The third kappa shape index (κ3) is 4.16. The normalized spacial score (nSPS) is 20.1. The summed E-state index contributed by atoms with van der Waals surface area (Å²) in [7, 11) is 1.51. The van der Waals surface area contributed by atoms with Gasteiger partial charge in [-0.15, -0.1) is 0 Å². The van der Waals surface area contributed by atoms with Crippen molar-refractivity contribution in [3.8, 4) is 11.5 Å². The molecule has 2 N–H and O–H groups in total. The van der Waals surface area contributed by atoms with Gasteiger partial charge in [-0.1, -0.05) is 0 Å². The maximum absolute atomic E-state index is 12.4. The first kappa shape index (κ1) is 17.6. The van der Waals surface area contributed by atoms with Gasteiger partial charge in [0, 0.05) is 11.6 Å². The van der Waals surface area contributed by atoms with Gasteiger partial charge < -0.3 is 19.9 Å². The molecule has 0 aliphatic heterocycles. The number of hydrogen-bond donors (Lipinski definition) is 2. The molecule has 1 fully saturated rings. The van der Waals surface area contributed by atoms with Crippen molar-refractivity contribution in [3.05, 3.63) is 22.2 Å². The van der Waals surface area contributed by atoms with Crippen LogP contribution in [0.25, 0.3) is 0 Å². The zero-order valence-electron chi connectivity index (χ0n) is 13.1. The molecule has 0 unspecified atom stereocenters. The first-order valence-corrected chi connectivity index (χ1v) is 8.29. The molecule has 1 aromatic rings. The van der Waals surface area contributed by atoms with Crippen LogP contribution in [0, 0.1) is 5.92 Å². The fourth-order valence-corrected chi connectivity index (χ4v) is 3.30. The van der Waals surface area contributed by atoms with Crippen molar-refractivity contribution in [1.29, 1.82) is 0 Å². The summed E-state index contributed by atoms with van der Waals surface area (Å²) in [6.07, 6.45) is 1.74. The smallest absolute Gasteiger partial charge is 0.306 e. The van der Waals surface area contributed by atoms with E-state index in [0.717, 1.165) is 0 Å². The SMILES string of the molecule is CCOc1c(Br)cc(C(=O)N[C@H]2CC[C@@H](C(=O)O)C2)cc1OC. The Hall–Kier alpha value is -1.76. The van der Waals surface area contributed by atoms with Crippen LogP contribution in [-0.4, -0.2) is 36.7 Å². The van der Waals surface area contributed by atoms with Gasteiger partial charge in [0.25, 0.3) is 5.91 Å². The van der Waals surface area contributed by atoms with E-state index < -0.39 is 5.97 Å². The van der Waals surface area contributed by atoms with Crippen molar-refractivity contribution in [2.24, 2.45) is 5.92 Å². The second-order valence-corrected chi connectivity index (χ2v) is 6.30.